The molecule has 20 heavy (non-hydrogen) atoms. The molecule has 5 nitrogen and oxygen atoms in total. The number of rotatable bonds is 7. The Morgan fingerprint density at radius 3 is 2.75 bits per heavy atom. The van der Waals surface area contributed by atoms with Crippen LogP contribution in [0.25, 0.3) is 0 Å². The van der Waals surface area contributed by atoms with Gasteiger partial charge in [0.1, 0.15) is 0 Å². The Kier molecular flexibility index (Phi) is 7.72. The van der Waals surface area contributed by atoms with Crippen molar-refractivity contribution in [1.82, 2.24) is 0 Å². The van der Waals surface area contributed by atoms with E-state index in [1.54, 1.807) is 12.1 Å². The third-order valence-electron chi connectivity index (χ3n) is 2.30. The number of amides is 1. The van der Waals surface area contributed by atoms with Gasteiger partial charge in [-0.1, -0.05) is 28.9 Å². The first-order chi connectivity index (χ1) is 9.61. The van der Waals surface area contributed by atoms with Crippen LogP contribution in [0.15, 0.2) is 28.7 Å². The van der Waals surface area contributed by atoms with Crippen LogP contribution in [0.5, 0.6) is 0 Å². The molecular weight excluding hydrogens is 326 g/mol. The van der Waals surface area contributed by atoms with Gasteiger partial charge >= 0.3 is 12.1 Å². The molecule has 0 aliphatic rings. The maximum Gasteiger partial charge on any atom is 0.411 e. The van der Waals surface area contributed by atoms with Gasteiger partial charge in [0, 0.05) is 16.6 Å². The quantitative estimate of drug-likeness (QED) is 0.605. The molecule has 0 spiro atoms. The summed E-state index contributed by atoms with van der Waals surface area (Å²) in [5.74, 6) is -0.261. The van der Waals surface area contributed by atoms with Crippen LogP contribution < -0.4 is 5.32 Å². The van der Waals surface area contributed by atoms with Gasteiger partial charge in [-0.15, -0.1) is 0 Å². The number of halogens is 1. The number of benzene rings is 1. The van der Waals surface area contributed by atoms with Gasteiger partial charge in [0.15, 0.2) is 0 Å². The van der Waals surface area contributed by atoms with E-state index in [0.29, 0.717) is 18.7 Å². The topological polar surface area (TPSA) is 64.6 Å². The fourth-order valence-electron chi connectivity index (χ4n) is 1.39. The van der Waals surface area contributed by atoms with Crippen molar-refractivity contribution in [2.75, 3.05) is 18.5 Å². The summed E-state index contributed by atoms with van der Waals surface area (Å²) in [5, 5.41) is 2.60. The molecule has 0 saturated heterocycles. The third-order valence-corrected chi connectivity index (χ3v) is 2.79. The van der Waals surface area contributed by atoms with Crippen LogP contribution in [0.3, 0.4) is 0 Å². The van der Waals surface area contributed by atoms with E-state index in [4.69, 9.17) is 9.47 Å². The van der Waals surface area contributed by atoms with Gasteiger partial charge in [-0.3, -0.25) is 10.1 Å². The maximum absolute atomic E-state index is 11.5. The minimum atomic E-state index is -0.537. The van der Waals surface area contributed by atoms with Gasteiger partial charge in [0.2, 0.25) is 0 Å². The van der Waals surface area contributed by atoms with Crippen molar-refractivity contribution in [2.45, 2.75) is 26.2 Å². The fourth-order valence-corrected chi connectivity index (χ4v) is 1.79. The summed E-state index contributed by atoms with van der Waals surface area (Å²) in [7, 11) is 0. The molecule has 6 heteroatoms. The van der Waals surface area contributed by atoms with E-state index in [1.165, 1.54) is 0 Å². The van der Waals surface area contributed by atoms with E-state index in [9.17, 15) is 9.59 Å². The van der Waals surface area contributed by atoms with Gasteiger partial charge in [-0.05, 0) is 31.0 Å². The number of hydrogen-bond donors (Lipinski definition) is 1. The summed E-state index contributed by atoms with van der Waals surface area (Å²) < 4.78 is 10.7. The molecule has 0 aliphatic heterocycles. The Hall–Kier alpha value is -1.56. The number of carbonyl (C=O) groups excluding carboxylic acids is 2. The van der Waals surface area contributed by atoms with Crippen molar-refractivity contribution >= 4 is 33.7 Å². The zero-order chi connectivity index (χ0) is 14.8. The molecule has 0 heterocycles. The summed E-state index contributed by atoms with van der Waals surface area (Å²) in [4.78, 5) is 22.7. The van der Waals surface area contributed by atoms with Gasteiger partial charge in [0.25, 0.3) is 0 Å². The van der Waals surface area contributed by atoms with Crippen molar-refractivity contribution in [3.05, 3.63) is 28.7 Å². The number of anilines is 1. The standard InChI is InChI=1S/C14H18BrNO4/c1-2-8-19-13(17)7-4-9-20-14(18)16-12-6-3-5-11(15)10-12/h3,5-6,10H,2,4,7-9H2,1H3,(H,16,18). The Bertz CT molecular complexity index is 451. The molecule has 0 aromatic heterocycles. The molecule has 1 aromatic rings. The molecule has 1 rings (SSSR count). The second kappa shape index (κ2) is 9.36. The van der Waals surface area contributed by atoms with Crippen LogP contribution in [0.4, 0.5) is 10.5 Å². The molecule has 1 N–H and O–H groups in total. The number of ether oxygens (including phenoxy) is 2. The zero-order valence-corrected chi connectivity index (χ0v) is 12.9. The highest BCUT2D eigenvalue weighted by molar-refractivity contribution is 9.10. The summed E-state index contributed by atoms with van der Waals surface area (Å²) in [6, 6.07) is 7.19. The summed E-state index contributed by atoms with van der Waals surface area (Å²) >= 11 is 3.31. The smallest absolute Gasteiger partial charge is 0.411 e. The molecule has 0 saturated carbocycles. The van der Waals surface area contributed by atoms with Crippen LogP contribution in [0.2, 0.25) is 0 Å². The second-order valence-electron chi connectivity index (χ2n) is 4.10. The normalized spacial score (nSPS) is 9.90. The lowest BCUT2D eigenvalue weighted by Crippen LogP contribution is -2.15. The number of carbonyl (C=O) groups is 2. The monoisotopic (exact) mass is 343 g/mol. The highest BCUT2D eigenvalue weighted by Gasteiger charge is 2.05. The second-order valence-corrected chi connectivity index (χ2v) is 5.01. The molecule has 1 aromatic carbocycles. The van der Waals surface area contributed by atoms with E-state index in [1.807, 2.05) is 19.1 Å². The molecule has 0 unspecified atom stereocenters. The van der Waals surface area contributed by atoms with Crippen molar-refractivity contribution in [3.8, 4) is 0 Å². The highest BCUT2D eigenvalue weighted by Crippen LogP contribution is 2.15. The predicted octanol–water partition coefficient (Wildman–Crippen LogP) is 3.73. The summed E-state index contributed by atoms with van der Waals surface area (Å²) in [6.07, 6.45) is 0.973. The van der Waals surface area contributed by atoms with Crippen LogP contribution in [-0.4, -0.2) is 25.3 Å². The molecular formula is C14H18BrNO4. The van der Waals surface area contributed by atoms with Gasteiger partial charge in [-0.2, -0.15) is 0 Å². The number of hydrogen-bond acceptors (Lipinski definition) is 4. The van der Waals surface area contributed by atoms with Crippen molar-refractivity contribution in [1.29, 1.82) is 0 Å². The zero-order valence-electron chi connectivity index (χ0n) is 11.4. The van der Waals surface area contributed by atoms with E-state index >= 15 is 0 Å². The van der Waals surface area contributed by atoms with Gasteiger partial charge in [-0.25, -0.2) is 4.79 Å². The summed E-state index contributed by atoms with van der Waals surface area (Å²) in [6.45, 7) is 2.55. The molecule has 0 fully saturated rings. The third kappa shape index (κ3) is 7.13. The lowest BCUT2D eigenvalue weighted by atomic mass is 10.3. The van der Waals surface area contributed by atoms with Gasteiger partial charge in [0.05, 0.1) is 13.2 Å². The van der Waals surface area contributed by atoms with Crippen LogP contribution in [0, 0.1) is 0 Å². The van der Waals surface area contributed by atoms with Crippen LogP contribution in [0.1, 0.15) is 26.2 Å². The molecule has 0 aliphatic carbocycles. The Morgan fingerprint density at radius 2 is 2.05 bits per heavy atom. The average molecular weight is 344 g/mol. The molecule has 0 bridgehead atoms. The number of nitrogens with one attached hydrogen (secondary N) is 1. The van der Waals surface area contributed by atoms with Crippen molar-refractivity contribution in [2.24, 2.45) is 0 Å². The Balaban J connectivity index is 2.16. The average Bonchev–Trinajstić information content (AvgIpc) is 2.41. The van der Waals surface area contributed by atoms with E-state index in [-0.39, 0.29) is 19.0 Å². The van der Waals surface area contributed by atoms with Crippen LogP contribution in [-0.2, 0) is 14.3 Å². The van der Waals surface area contributed by atoms with E-state index in [2.05, 4.69) is 21.2 Å². The molecule has 110 valence electrons. The molecule has 0 atom stereocenters. The maximum atomic E-state index is 11.5. The molecule has 1 amide bonds. The highest BCUT2D eigenvalue weighted by atomic mass is 79.9. The van der Waals surface area contributed by atoms with E-state index in [0.717, 1.165) is 10.9 Å². The largest absolute Gasteiger partial charge is 0.466 e. The fraction of sp³-hybridized carbons (Fsp3) is 0.429. The molecule has 0 radical (unpaired) electrons. The lowest BCUT2D eigenvalue weighted by Gasteiger charge is -2.07. The number of esters is 1. The lowest BCUT2D eigenvalue weighted by molar-refractivity contribution is -0.143. The first-order valence-electron chi connectivity index (χ1n) is 6.46. The van der Waals surface area contributed by atoms with Crippen molar-refractivity contribution in [3.63, 3.8) is 0 Å². The Morgan fingerprint density at radius 1 is 1.25 bits per heavy atom. The minimum Gasteiger partial charge on any atom is -0.466 e. The summed E-state index contributed by atoms with van der Waals surface area (Å²) in [5.41, 5.74) is 0.645. The first kappa shape index (κ1) is 16.5. The predicted molar refractivity (Wildman–Crippen MR) is 79.6 cm³/mol. The minimum absolute atomic E-state index is 0.182. The van der Waals surface area contributed by atoms with Crippen molar-refractivity contribution < 1.29 is 19.1 Å². The Labute approximate surface area is 126 Å². The van der Waals surface area contributed by atoms with Gasteiger partial charge < -0.3 is 9.47 Å². The van der Waals surface area contributed by atoms with Crippen LogP contribution >= 0.6 is 15.9 Å². The van der Waals surface area contributed by atoms with E-state index < -0.39 is 6.09 Å². The SMILES string of the molecule is CCCOC(=O)CCCOC(=O)Nc1cccc(Br)c1. The first-order valence-corrected chi connectivity index (χ1v) is 7.26.